The fraction of sp³-hybridized carbons (Fsp3) is 0.143. The van der Waals surface area contributed by atoms with Gasteiger partial charge in [0, 0.05) is 0 Å². The molecule has 0 aliphatic rings. The first-order valence-corrected chi connectivity index (χ1v) is 9.88. The topological polar surface area (TPSA) is 58.9 Å². The van der Waals surface area contributed by atoms with Crippen molar-refractivity contribution in [2.75, 3.05) is 0 Å². The molecule has 2 aromatic rings. The molecule has 2 rings (SSSR count). The Bertz CT molecular complexity index is 606. The molecule has 0 spiro atoms. The molecule has 0 aromatic heterocycles. The predicted molar refractivity (Wildman–Crippen MR) is 90.2 cm³/mol. The first kappa shape index (κ1) is 16.1. The first-order chi connectivity index (χ1) is 9.80. The molecule has 7 heteroatoms. The summed E-state index contributed by atoms with van der Waals surface area (Å²) in [6.45, 7) is 3.49. The van der Waals surface area contributed by atoms with E-state index in [-0.39, 0.29) is 23.0 Å². The number of phenolic OH excluding ortho intramolecular Hbond substituents is 2. The van der Waals surface area contributed by atoms with E-state index < -0.39 is 6.12 Å². The lowest BCUT2D eigenvalue weighted by molar-refractivity contribution is 0.414. The van der Waals surface area contributed by atoms with E-state index >= 15 is 0 Å². The van der Waals surface area contributed by atoms with E-state index in [1.165, 1.54) is 0 Å². The molecule has 2 N–H and O–H groups in total. The zero-order chi connectivity index (χ0) is 15.6. The second-order valence-electron chi connectivity index (χ2n) is 4.49. The summed E-state index contributed by atoms with van der Waals surface area (Å²) >= 11 is 9.45. The largest absolute Gasteiger partial charge is 0.504 e. The maximum atomic E-state index is 9.93. The lowest BCUT2D eigenvalue weighted by atomic mass is 10.2. The highest BCUT2D eigenvalue weighted by molar-refractivity contribution is 8.76. The Kier molecular flexibility index (Phi) is 4.81. The van der Waals surface area contributed by atoms with Crippen LogP contribution in [0.3, 0.4) is 0 Å². The standard InChI is InChI=1S/C14H15O4PS2/c1-9-5-3-7-11(13(9)15)17-19(20,21)18-12-8-4-6-10(2)14(12)16/h3-8,15-16H,1-2H3,(H,20,21). The highest BCUT2D eigenvalue weighted by Crippen LogP contribution is 2.64. The van der Waals surface area contributed by atoms with Crippen LogP contribution >= 0.6 is 18.4 Å². The maximum Gasteiger partial charge on any atom is 0.307 e. The van der Waals surface area contributed by atoms with Gasteiger partial charge in [-0.1, -0.05) is 24.3 Å². The highest BCUT2D eigenvalue weighted by Gasteiger charge is 2.28. The van der Waals surface area contributed by atoms with Gasteiger partial charge in [0.2, 0.25) is 11.5 Å². The average Bonchev–Trinajstić information content (AvgIpc) is 2.40. The Morgan fingerprint density at radius 3 is 1.67 bits per heavy atom. The monoisotopic (exact) mass is 342 g/mol. The summed E-state index contributed by atoms with van der Waals surface area (Å²) < 4.78 is 11.0. The van der Waals surface area contributed by atoms with Crippen LogP contribution in [-0.4, -0.2) is 10.2 Å². The molecule has 0 bridgehead atoms. The lowest BCUT2D eigenvalue weighted by Crippen LogP contribution is -2.01. The molecule has 0 aliphatic carbocycles. The van der Waals surface area contributed by atoms with Crippen molar-refractivity contribution in [2.45, 2.75) is 13.8 Å². The molecule has 0 amide bonds. The van der Waals surface area contributed by atoms with E-state index in [1.807, 2.05) is 0 Å². The second kappa shape index (κ2) is 6.26. The van der Waals surface area contributed by atoms with Crippen LogP contribution in [0.4, 0.5) is 0 Å². The number of aromatic hydroxyl groups is 2. The SMILES string of the molecule is Cc1cccc(O[P+]([S-])(S)Oc2cccc(C)c2O)c1O. The molecule has 0 aliphatic heterocycles. The zero-order valence-corrected chi connectivity index (χ0v) is 14.1. The van der Waals surface area contributed by atoms with Gasteiger partial charge in [0.25, 0.3) is 0 Å². The molecule has 0 fully saturated rings. The molecule has 0 radical (unpaired) electrons. The number of rotatable bonds is 4. The van der Waals surface area contributed by atoms with Gasteiger partial charge in [-0.05, 0) is 37.1 Å². The molecule has 0 saturated carbocycles. The summed E-state index contributed by atoms with van der Waals surface area (Å²) in [5.74, 6) is 0.414. The van der Waals surface area contributed by atoms with Crippen molar-refractivity contribution in [1.82, 2.24) is 0 Å². The third-order valence-corrected chi connectivity index (χ3v) is 4.62. The molecule has 0 saturated heterocycles. The van der Waals surface area contributed by atoms with Crippen molar-refractivity contribution in [2.24, 2.45) is 0 Å². The van der Waals surface area contributed by atoms with Crippen LogP contribution < -0.4 is 9.05 Å². The van der Waals surface area contributed by atoms with E-state index in [0.717, 1.165) is 0 Å². The number of hydrogen-bond donors (Lipinski definition) is 3. The Morgan fingerprint density at radius 2 is 1.29 bits per heavy atom. The maximum absolute atomic E-state index is 9.93. The van der Waals surface area contributed by atoms with Crippen molar-refractivity contribution in [1.29, 1.82) is 0 Å². The second-order valence-corrected chi connectivity index (χ2v) is 9.63. The minimum Gasteiger partial charge on any atom is -0.504 e. The van der Waals surface area contributed by atoms with Crippen LogP contribution in [0.15, 0.2) is 36.4 Å². The van der Waals surface area contributed by atoms with Gasteiger partial charge in [-0.2, -0.15) is 0 Å². The molecule has 0 unspecified atom stereocenters. The summed E-state index contributed by atoms with van der Waals surface area (Å²) in [6.07, 6.45) is -3.02. The third kappa shape index (κ3) is 3.90. The lowest BCUT2D eigenvalue weighted by Gasteiger charge is -2.24. The van der Waals surface area contributed by atoms with Gasteiger partial charge in [0.15, 0.2) is 11.5 Å². The van der Waals surface area contributed by atoms with Crippen molar-refractivity contribution in [3.05, 3.63) is 47.5 Å². The van der Waals surface area contributed by atoms with E-state index in [1.54, 1.807) is 50.2 Å². The molecule has 21 heavy (non-hydrogen) atoms. The molecule has 112 valence electrons. The van der Waals surface area contributed by atoms with Crippen LogP contribution in [0.25, 0.3) is 0 Å². The number of benzene rings is 2. The minimum atomic E-state index is -3.02. The van der Waals surface area contributed by atoms with Crippen LogP contribution in [0.2, 0.25) is 0 Å². The summed E-state index contributed by atoms with van der Waals surface area (Å²) in [5, 5.41) is 19.9. The van der Waals surface area contributed by atoms with Gasteiger partial charge < -0.3 is 31.5 Å². The summed E-state index contributed by atoms with van der Waals surface area (Å²) in [5.41, 5.74) is 1.32. The Hall–Kier alpha value is -1.23. The smallest absolute Gasteiger partial charge is 0.307 e. The Balaban J connectivity index is 2.22. The minimum absolute atomic E-state index is 0.00200. The molecule has 2 aromatic carbocycles. The van der Waals surface area contributed by atoms with Crippen LogP contribution in [0.5, 0.6) is 23.0 Å². The number of para-hydroxylation sites is 2. The van der Waals surface area contributed by atoms with Crippen molar-refractivity contribution < 1.29 is 19.3 Å². The van der Waals surface area contributed by atoms with E-state index in [0.29, 0.717) is 11.1 Å². The molecular weight excluding hydrogens is 327 g/mol. The number of aryl methyl sites for hydroxylation is 2. The molecular formula is C14H15O4PS2. The van der Waals surface area contributed by atoms with E-state index in [9.17, 15) is 10.2 Å². The van der Waals surface area contributed by atoms with E-state index in [2.05, 4.69) is 12.2 Å². The fourth-order valence-electron chi connectivity index (χ4n) is 1.68. The predicted octanol–water partition coefficient (Wildman–Crippen LogP) is 4.33. The third-order valence-electron chi connectivity index (χ3n) is 2.83. The van der Waals surface area contributed by atoms with Gasteiger partial charge in [-0.15, -0.1) is 0 Å². The number of hydrogen-bond acceptors (Lipinski definition) is 6. The summed E-state index contributed by atoms with van der Waals surface area (Å²) in [6, 6.07) is 10.1. The highest BCUT2D eigenvalue weighted by atomic mass is 33.1. The summed E-state index contributed by atoms with van der Waals surface area (Å²) in [4.78, 5) is 0. The Morgan fingerprint density at radius 1 is 0.905 bits per heavy atom. The molecule has 0 atom stereocenters. The van der Waals surface area contributed by atoms with Crippen molar-refractivity contribution >= 4 is 30.6 Å². The molecule has 0 heterocycles. The van der Waals surface area contributed by atoms with Crippen LogP contribution in [-0.2, 0) is 12.2 Å². The zero-order valence-electron chi connectivity index (χ0n) is 11.5. The average molecular weight is 342 g/mol. The molecule has 4 nitrogen and oxygen atoms in total. The van der Waals surface area contributed by atoms with Gasteiger partial charge in [0.05, 0.1) is 12.2 Å². The van der Waals surface area contributed by atoms with E-state index in [4.69, 9.17) is 21.3 Å². The number of phenols is 2. The summed E-state index contributed by atoms with van der Waals surface area (Å²) in [7, 11) is 0. The normalized spacial score (nSPS) is 11.2. The number of thiol groups is 1. The van der Waals surface area contributed by atoms with Gasteiger partial charge in [0.1, 0.15) is 0 Å². The fourth-order valence-corrected chi connectivity index (χ4v) is 3.52. The van der Waals surface area contributed by atoms with Crippen molar-refractivity contribution in [3.63, 3.8) is 0 Å². The van der Waals surface area contributed by atoms with Crippen molar-refractivity contribution in [3.8, 4) is 23.0 Å². The first-order valence-electron chi connectivity index (χ1n) is 6.09. The van der Waals surface area contributed by atoms with Gasteiger partial charge >= 0.3 is 6.12 Å². The van der Waals surface area contributed by atoms with Crippen LogP contribution in [0.1, 0.15) is 11.1 Å². The quantitative estimate of drug-likeness (QED) is 0.439. The van der Waals surface area contributed by atoms with Gasteiger partial charge in [-0.3, -0.25) is 0 Å². The Labute approximate surface area is 134 Å². The van der Waals surface area contributed by atoms with Gasteiger partial charge in [-0.25, -0.2) is 0 Å². The van der Waals surface area contributed by atoms with Crippen LogP contribution in [0, 0.1) is 13.8 Å².